The minimum Gasteiger partial charge on any atom is -0.396 e. The predicted octanol–water partition coefficient (Wildman–Crippen LogP) is -0.339. The molecule has 7 unspecified atom stereocenters. The van der Waals surface area contributed by atoms with Crippen molar-refractivity contribution >= 4 is 0 Å². The Balaban J connectivity index is 2.70. The molecule has 0 aromatic carbocycles. The summed E-state index contributed by atoms with van der Waals surface area (Å²) in [5.41, 5.74) is 0. The van der Waals surface area contributed by atoms with E-state index in [2.05, 4.69) is 0 Å². The van der Waals surface area contributed by atoms with Gasteiger partial charge in [0.05, 0.1) is 24.4 Å². The first kappa shape index (κ1) is 18.8. The van der Waals surface area contributed by atoms with E-state index in [9.17, 15) is 10.2 Å². The van der Waals surface area contributed by atoms with Crippen LogP contribution >= 0.6 is 0 Å². The van der Waals surface area contributed by atoms with Gasteiger partial charge in [-0.1, -0.05) is 0 Å². The maximum Gasteiger partial charge on any atom is 0.161 e. The highest BCUT2D eigenvalue weighted by atomic mass is 16.7. The van der Waals surface area contributed by atoms with Crippen LogP contribution in [0.15, 0.2) is 0 Å². The van der Waals surface area contributed by atoms with E-state index < -0.39 is 36.8 Å². The van der Waals surface area contributed by atoms with Crippen molar-refractivity contribution in [3.8, 4) is 0 Å². The fourth-order valence-corrected chi connectivity index (χ4v) is 2.56. The average Bonchev–Trinajstić information content (AvgIpc) is 2.45. The van der Waals surface area contributed by atoms with Gasteiger partial charge < -0.3 is 34.3 Å². The summed E-state index contributed by atoms with van der Waals surface area (Å²) in [6.07, 6.45) is -3.28. The molecule has 3 N–H and O–H groups in total. The summed E-state index contributed by atoms with van der Waals surface area (Å²) < 4.78 is 21.9. The summed E-state index contributed by atoms with van der Waals surface area (Å²) >= 11 is 0. The van der Waals surface area contributed by atoms with Gasteiger partial charge in [0, 0.05) is 27.2 Å². The highest BCUT2D eigenvalue weighted by molar-refractivity contribution is 4.83. The summed E-state index contributed by atoms with van der Waals surface area (Å²) in [5.74, 6) is 0. The molecular formula is C14H28O7. The third kappa shape index (κ3) is 5.14. The predicted molar refractivity (Wildman–Crippen MR) is 74.8 cm³/mol. The van der Waals surface area contributed by atoms with E-state index in [1.165, 1.54) is 14.2 Å². The zero-order valence-electron chi connectivity index (χ0n) is 13.1. The summed E-state index contributed by atoms with van der Waals surface area (Å²) in [6.45, 7) is 3.28. The van der Waals surface area contributed by atoms with Gasteiger partial charge in [-0.3, -0.25) is 0 Å². The molecule has 1 fully saturated rings. The largest absolute Gasteiger partial charge is 0.396 e. The van der Waals surface area contributed by atoms with Gasteiger partial charge in [-0.05, 0) is 20.3 Å². The number of methoxy groups -OCH3 is 2. The Labute approximate surface area is 125 Å². The molecule has 0 bridgehead atoms. The van der Waals surface area contributed by atoms with Crippen molar-refractivity contribution in [2.45, 2.75) is 69.6 Å². The molecule has 1 heterocycles. The van der Waals surface area contributed by atoms with E-state index in [0.29, 0.717) is 12.8 Å². The molecule has 0 amide bonds. The molecule has 1 aliphatic rings. The van der Waals surface area contributed by atoms with Gasteiger partial charge in [0.25, 0.3) is 0 Å². The molecule has 1 saturated heterocycles. The Hall–Kier alpha value is -0.280. The molecule has 1 rings (SSSR count). The second-order valence-electron chi connectivity index (χ2n) is 5.40. The maximum absolute atomic E-state index is 9.93. The van der Waals surface area contributed by atoms with Crippen LogP contribution < -0.4 is 0 Å². The number of hydrogen-bond acceptors (Lipinski definition) is 7. The Kier molecular flexibility index (Phi) is 8.04. The molecule has 1 aliphatic heterocycles. The summed E-state index contributed by atoms with van der Waals surface area (Å²) in [6, 6.07) is 0. The third-order valence-corrected chi connectivity index (χ3v) is 3.82. The highest BCUT2D eigenvalue weighted by Gasteiger charge is 2.39. The van der Waals surface area contributed by atoms with Crippen LogP contribution in [0.25, 0.3) is 0 Å². The van der Waals surface area contributed by atoms with E-state index in [4.69, 9.17) is 24.1 Å². The normalized spacial score (nSPS) is 34.4. The lowest BCUT2D eigenvalue weighted by molar-refractivity contribution is -0.282. The molecule has 0 aromatic rings. The van der Waals surface area contributed by atoms with Crippen LogP contribution in [0.2, 0.25) is 0 Å². The van der Waals surface area contributed by atoms with Crippen molar-refractivity contribution in [2.24, 2.45) is 0 Å². The first-order valence-corrected chi connectivity index (χ1v) is 7.28. The lowest BCUT2D eigenvalue weighted by Gasteiger charge is -2.39. The van der Waals surface area contributed by atoms with Crippen LogP contribution in [0, 0.1) is 0 Å². The number of ether oxygens (including phenoxy) is 4. The van der Waals surface area contributed by atoms with Gasteiger partial charge in [0.15, 0.2) is 6.29 Å². The topological polar surface area (TPSA) is 97.6 Å². The molecule has 0 saturated carbocycles. The first-order valence-electron chi connectivity index (χ1n) is 7.28. The second-order valence-corrected chi connectivity index (χ2v) is 5.40. The van der Waals surface area contributed by atoms with Crippen LogP contribution in [-0.4, -0.2) is 79.1 Å². The highest BCUT2D eigenvalue weighted by Crippen LogP contribution is 2.26. The minimum atomic E-state index is -0.784. The van der Waals surface area contributed by atoms with Crippen molar-refractivity contribution in [3.63, 3.8) is 0 Å². The van der Waals surface area contributed by atoms with E-state index in [-0.39, 0.29) is 12.7 Å². The van der Waals surface area contributed by atoms with Crippen LogP contribution in [-0.2, 0) is 18.9 Å². The Morgan fingerprint density at radius 2 is 2.00 bits per heavy atom. The van der Waals surface area contributed by atoms with Gasteiger partial charge in [-0.15, -0.1) is 0 Å². The van der Waals surface area contributed by atoms with Crippen LogP contribution in [0.4, 0.5) is 0 Å². The zero-order valence-corrected chi connectivity index (χ0v) is 13.1. The van der Waals surface area contributed by atoms with Gasteiger partial charge in [0.2, 0.25) is 0 Å². The molecule has 0 spiro atoms. The molecule has 0 aliphatic carbocycles. The molecular weight excluding hydrogens is 280 g/mol. The molecule has 21 heavy (non-hydrogen) atoms. The standard InChI is InChI=1S/C14H28O7/c1-8(16)14(10(18-3)5-6-15)21-12-7-11(19-4)13(17)9(2)20-12/h8-17H,5-7H2,1-4H3. The monoisotopic (exact) mass is 308 g/mol. The minimum absolute atomic E-state index is 0.0631. The lowest BCUT2D eigenvalue weighted by atomic mass is 10.0. The number of hydrogen-bond donors (Lipinski definition) is 3. The summed E-state index contributed by atoms with van der Waals surface area (Å²) in [4.78, 5) is 0. The first-order chi connectivity index (χ1) is 9.94. The fraction of sp³-hybridized carbons (Fsp3) is 1.00. The quantitative estimate of drug-likeness (QED) is 0.564. The second kappa shape index (κ2) is 8.99. The van der Waals surface area contributed by atoms with Gasteiger partial charge in [-0.2, -0.15) is 0 Å². The number of aliphatic hydroxyl groups excluding tert-OH is 3. The zero-order chi connectivity index (χ0) is 16.0. The Bertz CT molecular complexity index is 286. The van der Waals surface area contributed by atoms with Gasteiger partial charge in [0.1, 0.15) is 12.2 Å². The molecule has 0 aromatic heterocycles. The maximum atomic E-state index is 9.93. The van der Waals surface area contributed by atoms with E-state index in [0.717, 1.165) is 0 Å². The number of aliphatic hydroxyl groups is 3. The van der Waals surface area contributed by atoms with E-state index >= 15 is 0 Å². The molecule has 7 nitrogen and oxygen atoms in total. The van der Waals surface area contributed by atoms with Gasteiger partial charge >= 0.3 is 0 Å². The lowest BCUT2D eigenvalue weighted by Crippen LogP contribution is -2.51. The van der Waals surface area contributed by atoms with Crippen LogP contribution in [0.1, 0.15) is 26.7 Å². The molecule has 7 atom stereocenters. The third-order valence-electron chi connectivity index (χ3n) is 3.82. The van der Waals surface area contributed by atoms with Crippen molar-refractivity contribution in [2.75, 3.05) is 20.8 Å². The van der Waals surface area contributed by atoms with Crippen LogP contribution in [0.5, 0.6) is 0 Å². The Morgan fingerprint density at radius 1 is 1.33 bits per heavy atom. The fourth-order valence-electron chi connectivity index (χ4n) is 2.56. The van der Waals surface area contributed by atoms with Crippen LogP contribution in [0.3, 0.4) is 0 Å². The van der Waals surface area contributed by atoms with E-state index in [1.807, 2.05) is 0 Å². The average molecular weight is 308 g/mol. The molecule has 7 heteroatoms. The molecule has 126 valence electrons. The molecule has 0 radical (unpaired) electrons. The summed E-state index contributed by atoms with van der Waals surface area (Å²) in [5, 5.41) is 28.9. The van der Waals surface area contributed by atoms with Crippen molar-refractivity contribution in [1.29, 1.82) is 0 Å². The van der Waals surface area contributed by atoms with Gasteiger partial charge in [-0.25, -0.2) is 0 Å². The SMILES string of the molecule is COC1CC(OC(C(C)O)C(CCO)OC)OC(C)C1O. The van der Waals surface area contributed by atoms with E-state index in [1.54, 1.807) is 13.8 Å². The summed E-state index contributed by atoms with van der Waals surface area (Å²) in [7, 11) is 3.03. The smallest absolute Gasteiger partial charge is 0.161 e. The van der Waals surface area contributed by atoms with Crippen molar-refractivity contribution < 1.29 is 34.3 Å². The van der Waals surface area contributed by atoms with Crippen molar-refractivity contribution in [3.05, 3.63) is 0 Å². The van der Waals surface area contributed by atoms with Crippen molar-refractivity contribution in [1.82, 2.24) is 0 Å². The Morgan fingerprint density at radius 3 is 2.48 bits per heavy atom. The number of rotatable bonds is 8.